The number of carbonyl (C=O) groups is 1. The number of carboxylic acid groups (broad SMARTS) is 1. The van der Waals surface area contributed by atoms with E-state index >= 15 is 0 Å². The van der Waals surface area contributed by atoms with Gasteiger partial charge in [-0.3, -0.25) is 4.79 Å². The Kier molecular flexibility index (Phi) is 5.97. The van der Waals surface area contributed by atoms with Crippen LogP contribution in [-0.2, 0) is 11.0 Å². The molecule has 1 N–H and O–H groups in total. The fourth-order valence-electron chi connectivity index (χ4n) is 3.15. The lowest BCUT2D eigenvalue weighted by atomic mass is 9.98. The van der Waals surface area contributed by atoms with Gasteiger partial charge in [0.05, 0.1) is 5.39 Å². The quantitative estimate of drug-likeness (QED) is 0.549. The molecule has 0 saturated heterocycles. The van der Waals surface area contributed by atoms with E-state index in [9.17, 15) is 22.8 Å². The SMILES string of the molecule is Cc1cc(Oc2c(C(F)(F)F)oc3cc(OCC(=O)O)ccc3c2=O)ccc1C(C)C. The van der Waals surface area contributed by atoms with E-state index < -0.39 is 41.3 Å². The molecule has 0 fully saturated rings. The maximum Gasteiger partial charge on any atom is 0.453 e. The first-order valence-electron chi connectivity index (χ1n) is 9.28. The minimum Gasteiger partial charge on any atom is -0.482 e. The van der Waals surface area contributed by atoms with Crippen molar-refractivity contribution in [1.29, 1.82) is 0 Å². The van der Waals surface area contributed by atoms with Gasteiger partial charge in [0.25, 0.3) is 5.76 Å². The standard InChI is InChI=1S/C22H19F3O6/c1-11(2)15-6-5-14(8-12(15)3)30-20-19(28)16-7-4-13(29-10-18(26)27)9-17(16)31-21(20)22(23,24)25/h4-9,11H,10H2,1-3H3,(H,26,27). The van der Waals surface area contributed by atoms with E-state index in [0.29, 0.717) is 0 Å². The molecule has 3 aromatic rings. The van der Waals surface area contributed by atoms with Crippen molar-refractivity contribution in [1.82, 2.24) is 0 Å². The molecule has 0 bridgehead atoms. The second kappa shape index (κ2) is 8.33. The third-order valence-corrected chi connectivity index (χ3v) is 4.53. The lowest BCUT2D eigenvalue weighted by Gasteiger charge is -2.15. The molecule has 0 amide bonds. The van der Waals surface area contributed by atoms with Crippen molar-refractivity contribution in [3.8, 4) is 17.2 Å². The molecule has 9 heteroatoms. The van der Waals surface area contributed by atoms with Gasteiger partial charge in [-0.2, -0.15) is 13.2 Å². The van der Waals surface area contributed by atoms with Crippen molar-refractivity contribution in [2.45, 2.75) is 32.9 Å². The predicted molar refractivity (Wildman–Crippen MR) is 106 cm³/mol. The lowest BCUT2D eigenvalue weighted by Crippen LogP contribution is -2.15. The molecule has 0 spiro atoms. The minimum atomic E-state index is -5.01. The van der Waals surface area contributed by atoms with Crippen LogP contribution in [0.1, 0.15) is 36.7 Å². The molecule has 2 aromatic carbocycles. The summed E-state index contributed by atoms with van der Waals surface area (Å²) in [4.78, 5) is 23.4. The number of rotatable bonds is 6. The van der Waals surface area contributed by atoms with Crippen molar-refractivity contribution < 1.29 is 37.0 Å². The number of alkyl halides is 3. The van der Waals surface area contributed by atoms with Crippen LogP contribution in [-0.4, -0.2) is 17.7 Å². The lowest BCUT2D eigenvalue weighted by molar-refractivity contribution is -0.154. The number of fused-ring (bicyclic) bond motifs is 1. The Morgan fingerprint density at radius 3 is 2.39 bits per heavy atom. The fraction of sp³-hybridized carbons (Fsp3) is 0.273. The molecule has 0 atom stereocenters. The van der Waals surface area contributed by atoms with Gasteiger partial charge in [-0.25, -0.2) is 4.79 Å². The molecule has 3 rings (SSSR count). The Labute approximate surface area is 174 Å². The van der Waals surface area contributed by atoms with Gasteiger partial charge < -0.3 is 19.0 Å². The molecule has 0 aliphatic carbocycles. The van der Waals surface area contributed by atoms with E-state index in [-0.39, 0.29) is 22.8 Å². The second-order valence-electron chi connectivity index (χ2n) is 7.20. The van der Waals surface area contributed by atoms with Gasteiger partial charge in [-0.1, -0.05) is 19.9 Å². The molecular weight excluding hydrogens is 417 g/mol. The predicted octanol–water partition coefficient (Wildman–Crippen LogP) is 5.50. The molecule has 31 heavy (non-hydrogen) atoms. The zero-order chi connectivity index (χ0) is 22.9. The maximum atomic E-state index is 13.6. The van der Waals surface area contributed by atoms with Crippen LogP contribution in [0.15, 0.2) is 45.6 Å². The summed E-state index contributed by atoms with van der Waals surface area (Å²) in [6.45, 7) is 5.07. The summed E-state index contributed by atoms with van der Waals surface area (Å²) in [5, 5.41) is 8.50. The molecule has 0 aliphatic heterocycles. The summed E-state index contributed by atoms with van der Waals surface area (Å²) in [5.74, 6) is -3.61. The van der Waals surface area contributed by atoms with Crippen LogP contribution in [0.2, 0.25) is 0 Å². The number of ether oxygens (including phenoxy) is 2. The monoisotopic (exact) mass is 436 g/mol. The normalized spacial score (nSPS) is 11.7. The van der Waals surface area contributed by atoms with Crippen molar-refractivity contribution in [3.63, 3.8) is 0 Å². The van der Waals surface area contributed by atoms with E-state index in [1.54, 1.807) is 19.1 Å². The Balaban J connectivity index is 2.11. The molecule has 0 aliphatic rings. The Morgan fingerprint density at radius 1 is 1.13 bits per heavy atom. The summed E-state index contributed by atoms with van der Waals surface area (Å²) < 4.78 is 56.2. The van der Waals surface area contributed by atoms with Crippen molar-refractivity contribution in [2.75, 3.05) is 6.61 Å². The van der Waals surface area contributed by atoms with Gasteiger partial charge in [-0.05, 0) is 48.2 Å². The topological polar surface area (TPSA) is 86.0 Å². The van der Waals surface area contributed by atoms with Gasteiger partial charge in [0, 0.05) is 6.07 Å². The molecule has 1 heterocycles. The third-order valence-electron chi connectivity index (χ3n) is 4.53. The highest BCUT2D eigenvalue weighted by atomic mass is 19.4. The Hall–Kier alpha value is -3.49. The fourth-order valence-corrected chi connectivity index (χ4v) is 3.15. The summed E-state index contributed by atoms with van der Waals surface area (Å²) in [6.07, 6.45) is -5.01. The van der Waals surface area contributed by atoms with Crippen molar-refractivity contribution in [2.24, 2.45) is 0 Å². The van der Waals surface area contributed by atoms with Gasteiger partial charge in [0.15, 0.2) is 6.61 Å². The van der Waals surface area contributed by atoms with Crippen LogP contribution in [0.25, 0.3) is 11.0 Å². The maximum absolute atomic E-state index is 13.6. The largest absolute Gasteiger partial charge is 0.482 e. The van der Waals surface area contributed by atoms with Crippen LogP contribution < -0.4 is 14.9 Å². The van der Waals surface area contributed by atoms with E-state index in [4.69, 9.17) is 19.0 Å². The number of hydrogen-bond donors (Lipinski definition) is 1. The number of aliphatic carboxylic acids is 1. The third kappa shape index (κ3) is 4.82. The van der Waals surface area contributed by atoms with E-state index in [1.165, 1.54) is 18.2 Å². The number of benzene rings is 2. The zero-order valence-electron chi connectivity index (χ0n) is 16.9. The van der Waals surface area contributed by atoms with Gasteiger partial charge in [0.2, 0.25) is 11.2 Å². The molecule has 6 nitrogen and oxygen atoms in total. The van der Waals surface area contributed by atoms with Crippen LogP contribution in [0.5, 0.6) is 17.2 Å². The first-order valence-corrected chi connectivity index (χ1v) is 9.28. The Morgan fingerprint density at radius 2 is 1.81 bits per heavy atom. The summed E-state index contributed by atoms with van der Waals surface area (Å²) in [6, 6.07) is 8.27. The highest BCUT2D eigenvalue weighted by molar-refractivity contribution is 5.80. The molecule has 164 valence electrons. The van der Waals surface area contributed by atoms with E-state index in [1.807, 2.05) is 13.8 Å². The molecular formula is C22H19F3O6. The summed E-state index contributed by atoms with van der Waals surface area (Å²) in [5.41, 5.74) is 0.400. The second-order valence-corrected chi connectivity index (χ2v) is 7.20. The van der Waals surface area contributed by atoms with Gasteiger partial charge >= 0.3 is 12.1 Å². The van der Waals surface area contributed by atoms with Gasteiger partial charge in [-0.15, -0.1) is 0 Å². The molecule has 0 radical (unpaired) electrons. The average molecular weight is 436 g/mol. The highest BCUT2D eigenvalue weighted by Crippen LogP contribution is 2.39. The van der Waals surface area contributed by atoms with Crippen LogP contribution >= 0.6 is 0 Å². The number of halogens is 3. The highest BCUT2D eigenvalue weighted by Gasteiger charge is 2.40. The minimum absolute atomic E-state index is 0.0558. The molecule has 0 saturated carbocycles. The van der Waals surface area contributed by atoms with Crippen LogP contribution in [0, 0.1) is 6.92 Å². The first kappa shape index (κ1) is 22.2. The average Bonchev–Trinajstić information content (AvgIpc) is 2.67. The van der Waals surface area contributed by atoms with E-state index in [0.717, 1.165) is 17.2 Å². The number of hydrogen-bond acceptors (Lipinski definition) is 5. The molecule has 0 unspecified atom stereocenters. The zero-order valence-corrected chi connectivity index (χ0v) is 16.9. The first-order chi connectivity index (χ1) is 14.5. The van der Waals surface area contributed by atoms with Crippen LogP contribution in [0.4, 0.5) is 13.2 Å². The van der Waals surface area contributed by atoms with Gasteiger partial charge in [0.1, 0.15) is 17.1 Å². The van der Waals surface area contributed by atoms with E-state index in [2.05, 4.69) is 0 Å². The molecule has 1 aromatic heterocycles. The number of carboxylic acids is 1. The van der Waals surface area contributed by atoms with Crippen LogP contribution in [0.3, 0.4) is 0 Å². The van der Waals surface area contributed by atoms with Crippen molar-refractivity contribution >= 4 is 16.9 Å². The summed E-state index contributed by atoms with van der Waals surface area (Å²) in [7, 11) is 0. The van der Waals surface area contributed by atoms with Crippen molar-refractivity contribution in [3.05, 3.63) is 63.5 Å². The Bertz CT molecular complexity index is 1190. The smallest absolute Gasteiger partial charge is 0.453 e. The number of aryl methyl sites for hydroxylation is 1. The summed E-state index contributed by atoms with van der Waals surface area (Å²) >= 11 is 0.